The number of nitrogens with zero attached hydrogens (tertiary/aromatic N) is 1. The normalized spacial score (nSPS) is 23.9. The van der Waals surface area contributed by atoms with Gasteiger partial charge in [0.15, 0.2) is 0 Å². The zero-order valence-corrected chi connectivity index (χ0v) is 12.9. The second-order valence-corrected chi connectivity index (χ2v) is 5.77. The van der Waals surface area contributed by atoms with Gasteiger partial charge in [-0.05, 0) is 48.5 Å². The monoisotopic (exact) mass is 325 g/mol. The Morgan fingerprint density at radius 1 is 1.47 bits per heavy atom. The van der Waals surface area contributed by atoms with Crippen molar-refractivity contribution in [3.63, 3.8) is 0 Å². The van der Waals surface area contributed by atoms with Crippen LogP contribution in [0, 0.1) is 0 Å². The Balaban J connectivity index is 2.33. The van der Waals surface area contributed by atoms with Crippen LogP contribution >= 0.6 is 15.9 Å². The van der Waals surface area contributed by atoms with Gasteiger partial charge in [-0.3, -0.25) is 4.79 Å². The summed E-state index contributed by atoms with van der Waals surface area (Å²) in [4.78, 5) is 14.5. The van der Waals surface area contributed by atoms with Gasteiger partial charge in [-0.15, -0.1) is 0 Å². The number of hydrogen-bond acceptors (Lipinski definition) is 3. The van der Waals surface area contributed by atoms with Crippen molar-refractivity contribution in [1.82, 2.24) is 10.6 Å². The molecule has 104 valence electrons. The molecule has 1 aliphatic heterocycles. The number of rotatable bonds is 3. The number of benzene rings is 1. The Morgan fingerprint density at radius 2 is 2.21 bits per heavy atom. The molecular weight excluding hydrogens is 306 g/mol. The van der Waals surface area contributed by atoms with Gasteiger partial charge in [-0.1, -0.05) is 12.1 Å². The van der Waals surface area contributed by atoms with E-state index < -0.39 is 0 Å². The van der Waals surface area contributed by atoms with Crippen LogP contribution in [0.3, 0.4) is 0 Å². The second-order valence-electron chi connectivity index (χ2n) is 4.92. The number of likely N-dealkylation sites (N-methyl/N-ethyl adjacent to an activating group) is 1. The van der Waals surface area contributed by atoms with Gasteiger partial charge in [0.05, 0.1) is 5.69 Å². The van der Waals surface area contributed by atoms with E-state index in [2.05, 4.69) is 44.5 Å². The van der Waals surface area contributed by atoms with Gasteiger partial charge in [-0.2, -0.15) is 0 Å². The molecule has 0 aliphatic carbocycles. The summed E-state index contributed by atoms with van der Waals surface area (Å²) < 4.78 is 1.03. The van der Waals surface area contributed by atoms with E-state index in [1.807, 2.05) is 25.2 Å². The molecule has 1 aliphatic rings. The lowest BCUT2D eigenvalue weighted by Gasteiger charge is -2.31. The third-order valence-electron chi connectivity index (χ3n) is 3.43. The second kappa shape index (κ2) is 6.39. The first-order valence-corrected chi connectivity index (χ1v) is 7.39. The summed E-state index contributed by atoms with van der Waals surface area (Å²) in [7, 11) is 1.87. The quantitative estimate of drug-likeness (QED) is 0.890. The summed E-state index contributed by atoms with van der Waals surface area (Å²) in [5.74, 6) is 0.0927. The highest BCUT2D eigenvalue weighted by Crippen LogP contribution is 2.28. The van der Waals surface area contributed by atoms with Crippen molar-refractivity contribution >= 4 is 27.5 Å². The molecule has 2 rings (SSSR count). The summed E-state index contributed by atoms with van der Waals surface area (Å²) in [6, 6.07) is 8.10. The highest BCUT2D eigenvalue weighted by atomic mass is 79.9. The molecule has 0 aromatic heterocycles. The average molecular weight is 326 g/mol. The molecule has 1 amide bonds. The number of halogens is 1. The van der Waals surface area contributed by atoms with E-state index in [1.54, 1.807) is 0 Å². The fourth-order valence-electron chi connectivity index (χ4n) is 2.41. The SMILES string of the molecule is CNCC1C(=O)NC(C)CCN1c1ccccc1Br. The zero-order chi connectivity index (χ0) is 13.8. The van der Waals surface area contributed by atoms with Crippen LogP contribution in [-0.2, 0) is 4.79 Å². The zero-order valence-electron chi connectivity index (χ0n) is 11.3. The predicted octanol–water partition coefficient (Wildman–Crippen LogP) is 1.75. The third-order valence-corrected chi connectivity index (χ3v) is 4.10. The fourth-order valence-corrected chi connectivity index (χ4v) is 2.92. The van der Waals surface area contributed by atoms with E-state index in [4.69, 9.17) is 0 Å². The minimum Gasteiger partial charge on any atom is -0.358 e. The highest BCUT2D eigenvalue weighted by Gasteiger charge is 2.30. The fraction of sp³-hybridized carbons (Fsp3) is 0.500. The highest BCUT2D eigenvalue weighted by molar-refractivity contribution is 9.10. The molecule has 0 saturated carbocycles. The van der Waals surface area contributed by atoms with E-state index in [0.717, 1.165) is 23.1 Å². The van der Waals surface area contributed by atoms with E-state index in [9.17, 15) is 4.79 Å². The first-order valence-electron chi connectivity index (χ1n) is 6.59. The van der Waals surface area contributed by atoms with Crippen LogP contribution in [0.2, 0.25) is 0 Å². The van der Waals surface area contributed by atoms with Crippen LogP contribution < -0.4 is 15.5 Å². The summed E-state index contributed by atoms with van der Waals surface area (Å²) in [5, 5.41) is 6.17. The maximum absolute atomic E-state index is 12.3. The molecule has 4 nitrogen and oxygen atoms in total. The number of nitrogens with one attached hydrogen (secondary N) is 2. The van der Waals surface area contributed by atoms with E-state index in [-0.39, 0.29) is 18.0 Å². The topological polar surface area (TPSA) is 44.4 Å². The molecule has 1 aromatic carbocycles. The lowest BCUT2D eigenvalue weighted by atomic mass is 10.2. The van der Waals surface area contributed by atoms with Crippen LogP contribution in [0.15, 0.2) is 28.7 Å². The van der Waals surface area contributed by atoms with Crippen molar-refractivity contribution < 1.29 is 4.79 Å². The molecular formula is C14H20BrN3O. The van der Waals surface area contributed by atoms with Gasteiger partial charge in [0, 0.05) is 23.6 Å². The first-order chi connectivity index (χ1) is 9.13. The van der Waals surface area contributed by atoms with Crippen LogP contribution in [-0.4, -0.2) is 38.1 Å². The maximum atomic E-state index is 12.3. The van der Waals surface area contributed by atoms with Gasteiger partial charge in [0.1, 0.15) is 6.04 Å². The summed E-state index contributed by atoms with van der Waals surface area (Å²) in [6.07, 6.45) is 0.952. The van der Waals surface area contributed by atoms with Crippen LogP contribution in [0.4, 0.5) is 5.69 Å². The lowest BCUT2D eigenvalue weighted by Crippen LogP contribution is -2.50. The van der Waals surface area contributed by atoms with E-state index in [0.29, 0.717) is 6.54 Å². The predicted molar refractivity (Wildman–Crippen MR) is 81.4 cm³/mol. The minimum absolute atomic E-state index is 0.0927. The molecule has 0 bridgehead atoms. The van der Waals surface area contributed by atoms with Gasteiger partial charge in [0.25, 0.3) is 0 Å². The van der Waals surface area contributed by atoms with Gasteiger partial charge >= 0.3 is 0 Å². The molecule has 1 fully saturated rings. The molecule has 1 heterocycles. The number of para-hydroxylation sites is 1. The number of anilines is 1. The molecule has 0 spiro atoms. The molecule has 2 unspecified atom stereocenters. The summed E-state index contributed by atoms with van der Waals surface area (Å²) in [5.41, 5.74) is 1.08. The Hall–Kier alpha value is -1.07. The Morgan fingerprint density at radius 3 is 2.89 bits per heavy atom. The third kappa shape index (κ3) is 3.28. The standard InChI is InChI=1S/C14H20BrN3O/c1-10-7-8-18(12-6-4-3-5-11(12)15)13(9-16-2)14(19)17-10/h3-6,10,13,16H,7-9H2,1-2H3,(H,17,19). The summed E-state index contributed by atoms with van der Waals surface area (Å²) >= 11 is 3.58. The first kappa shape index (κ1) is 14.3. The smallest absolute Gasteiger partial charge is 0.244 e. The van der Waals surface area contributed by atoms with Crippen molar-refractivity contribution in [2.45, 2.75) is 25.4 Å². The summed E-state index contributed by atoms with van der Waals surface area (Å²) in [6.45, 7) is 3.56. The molecule has 2 atom stereocenters. The molecule has 5 heteroatoms. The minimum atomic E-state index is -0.173. The van der Waals surface area contributed by atoms with Crippen molar-refractivity contribution in [2.75, 3.05) is 25.0 Å². The Kier molecular flexibility index (Phi) is 4.82. The van der Waals surface area contributed by atoms with Gasteiger partial charge < -0.3 is 15.5 Å². The lowest BCUT2D eigenvalue weighted by molar-refractivity contribution is -0.122. The number of carbonyl (C=O) groups excluding carboxylic acids is 1. The Bertz CT molecular complexity index is 452. The molecule has 2 N–H and O–H groups in total. The maximum Gasteiger partial charge on any atom is 0.244 e. The molecule has 1 saturated heterocycles. The number of amides is 1. The molecule has 0 radical (unpaired) electrons. The van der Waals surface area contributed by atoms with Crippen molar-refractivity contribution in [1.29, 1.82) is 0 Å². The van der Waals surface area contributed by atoms with Crippen LogP contribution in [0.1, 0.15) is 13.3 Å². The number of carbonyl (C=O) groups is 1. The Labute approximate surface area is 122 Å². The number of hydrogen-bond donors (Lipinski definition) is 2. The van der Waals surface area contributed by atoms with Crippen molar-refractivity contribution in [3.05, 3.63) is 28.7 Å². The largest absolute Gasteiger partial charge is 0.358 e. The van der Waals surface area contributed by atoms with Crippen molar-refractivity contribution in [2.24, 2.45) is 0 Å². The van der Waals surface area contributed by atoms with Crippen LogP contribution in [0.5, 0.6) is 0 Å². The van der Waals surface area contributed by atoms with E-state index in [1.165, 1.54) is 0 Å². The van der Waals surface area contributed by atoms with Crippen LogP contribution in [0.25, 0.3) is 0 Å². The average Bonchev–Trinajstić information content (AvgIpc) is 2.51. The van der Waals surface area contributed by atoms with Crippen molar-refractivity contribution in [3.8, 4) is 0 Å². The van der Waals surface area contributed by atoms with Gasteiger partial charge in [-0.25, -0.2) is 0 Å². The molecule has 19 heavy (non-hydrogen) atoms. The molecule has 1 aromatic rings. The van der Waals surface area contributed by atoms with E-state index >= 15 is 0 Å². The van der Waals surface area contributed by atoms with Gasteiger partial charge in [0.2, 0.25) is 5.91 Å².